The lowest BCUT2D eigenvalue weighted by molar-refractivity contribution is 0.483. The Balaban J connectivity index is 2.52. The van der Waals surface area contributed by atoms with E-state index in [4.69, 9.17) is 5.73 Å². The van der Waals surface area contributed by atoms with Crippen LogP contribution in [0.2, 0.25) is 0 Å². The van der Waals surface area contributed by atoms with E-state index in [1.54, 1.807) is 13.0 Å². The van der Waals surface area contributed by atoms with Crippen LogP contribution in [0, 0.1) is 12.7 Å². The fourth-order valence-corrected chi connectivity index (χ4v) is 2.51. The molecule has 0 radical (unpaired) electrons. The van der Waals surface area contributed by atoms with Gasteiger partial charge in [-0.15, -0.1) is 0 Å². The summed E-state index contributed by atoms with van der Waals surface area (Å²) in [4.78, 5) is 0. The van der Waals surface area contributed by atoms with Crippen LogP contribution in [0.15, 0.2) is 48.5 Å². The summed E-state index contributed by atoms with van der Waals surface area (Å²) in [5, 5.41) is 0. The molecule has 2 N–H and O–H groups in total. The second-order valence-corrected chi connectivity index (χ2v) is 5.05. The minimum Gasteiger partial charge on any atom is -0.318 e. The van der Waals surface area contributed by atoms with Gasteiger partial charge in [0.2, 0.25) is 0 Å². The Labute approximate surface area is 114 Å². The van der Waals surface area contributed by atoms with Crippen molar-refractivity contribution in [3.05, 3.63) is 71.0 Å². The van der Waals surface area contributed by atoms with Crippen molar-refractivity contribution in [1.82, 2.24) is 0 Å². The zero-order valence-corrected chi connectivity index (χ0v) is 11.5. The van der Waals surface area contributed by atoms with E-state index in [0.29, 0.717) is 5.56 Å². The Morgan fingerprint density at radius 1 is 1.05 bits per heavy atom. The first-order valence-corrected chi connectivity index (χ1v) is 6.69. The van der Waals surface area contributed by atoms with Crippen LogP contribution in [0.4, 0.5) is 4.39 Å². The van der Waals surface area contributed by atoms with Gasteiger partial charge in [0.15, 0.2) is 0 Å². The van der Waals surface area contributed by atoms with Crippen molar-refractivity contribution in [2.75, 3.05) is 0 Å². The van der Waals surface area contributed by atoms with Crippen molar-refractivity contribution in [1.29, 1.82) is 0 Å². The third kappa shape index (κ3) is 2.69. The highest BCUT2D eigenvalue weighted by Crippen LogP contribution is 2.32. The van der Waals surface area contributed by atoms with Crippen LogP contribution < -0.4 is 5.73 Å². The molecule has 2 rings (SSSR count). The van der Waals surface area contributed by atoms with Crippen LogP contribution in [0.1, 0.15) is 36.5 Å². The third-order valence-electron chi connectivity index (χ3n) is 3.61. The molecule has 2 heteroatoms. The van der Waals surface area contributed by atoms with E-state index in [1.807, 2.05) is 36.4 Å². The first kappa shape index (κ1) is 13.8. The predicted molar refractivity (Wildman–Crippen MR) is 77.5 cm³/mol. The van der Waals surface area contributed by atoms with Gasteiger partial charge in [0.25, 0.3) is 0 Å². The second-order valence-electron chi connectivity index (χ2n) is 5.05. The highest BCUT2D eigenvalue weighted by Gasteiger charge is 2.28. The molecule has 0 saturated carbocycles. The van der Waals surface area contributed by atoms with Gasteiger partial charge in [-0.3, -0.25) is 0 Å². The minimum absolute atomic E-state index is 0.185. The van der Waals surface area contributed by atoms with Crippen LogP contribution >= 0.6 is 0 Å². The van der Waals surface area contributed by atoms with E-state index in [0.717, 1.165) is 24.0 Å². The van der Waals surface area contributed by atoms with Crippen molar-refractivity contribution in [2.45, 2.75) is 32.2 Å². The predicted octanol–water partition coefficient (Wildman–Crippen LogP) is 4.14. The lowest BCUT2D eigenvalue weighted by atomic mass is 9.80. The molecular weight excluding hydrogens is 237 g/mol. The quantitative estimate of drug-likeness (QED) is 0.875. The molecule has 0 fully saturated rings. The van der Waals surface area contributed by atoms with E-state index in [2.05, 4.69) is 6.92 Å². The molecule has 2 aromatic carbocycles. The van der Waals surface area contributed by atoms with Gasteiger partial charge in [-0.1, -0.05) is 55.8 Å². The standard InChI is InChI=1S/C17H20FN/c1-3-11-17(19,14-7-5-4-6-8-14)15-9-10-16(18)13(2)12-15/h4-10,12H,3,11,19H2,1-2H3. The first-order valence-electron chi connectivity index (χ1n) is 6.69. The second kappa shape index (κ2) is 5.54. The van der Waals surface area contributed by atoms with Crippen molar-refractivity contribution < 1.29 is 4.39 Å². The SMILES string of the molecule is CCCC(N)(c1ccccc1)c1ccc(F)c(C)c1. The van der Waals surface area contributed by atoms with Gasteiger partial charge < -0.3 is 5.73 Å². The number of rotatable bonds is 4. The molecule has 0 amide bonds. The Kier molecular flexibility index (Phi) is 4.01. The fraction of sp³-hybridized carbons (Fsp3) is 0.294. The van der Waals surface area contributed by atoms with Gasteiger partial charge in [-0.05, 0) is 36.1 Å². The molecule has 0 bridgehead atoms. The van der Waals surface area contributed by atoms with Crippen LogP contribution in [0.5, 0.6) is 0 Å². The maximum absolute atomic E-state index is 13.4. The number of hydrogen-bond donors (Lipinski definition) is 1. The van der Waals surface area contributed by atoms with E-state index in [1.165, 1.54) is 6.07 Å². The number of benzene rings is 2. The molecule has 0 saturated heterocycles. The summed E-state index contributed by atoms with van der Waals surface area (Å²) in [5.41, 5.74) is 8.78. The lowest BCUT2D eigenvalue weighted by Gasteiger charge is -2.31. The minimum atomic E-state index is -0.547. The van der Waals surface area contributed by atoms with Gasteiger partial charge in [0.05, 0.1) is 5.54 Å². The topological polar surface area (TPSA) is 26.0 Å². The fourth-order valence-electron chi connectivity index (χ4n) is 2.51. The van der Waals surface area contributed by atoms with Crippen molar-refractivity contribution >= 4 is 0 Å². The number of nitrogens with two attached hydrogens (primary N) is 1. The number of aryl methyl sites for hydroxylation is 1. The molecule has 0 aromatic heterocycles. The van der Waals surface area contributed by atoms with Gasteiger partial charge in [-0.2, -0.15) is 0 Å². The maximum Gasteiger partial charge on any atom is 0.126 e. The Hall–Kier alpha value is -1.67. The van der Waals surface area contributed by atoms with Crippen molar-refractivity contribution in [3.8, 4) is 0 Å². The summed E-state index contributed by atoms with van der Waals surface area (Å²) < 4.78 is 13.4. The zero-order chi connectivity index (χ0) is 13.9. The summed E-state index contributed by atoms with van der Waals surface area (Å²) in [6, 6.07) is 15.2. The van der Waals surface area contributed by atoms with Crippen LogP contribution in [0.25, 0.3) is 0 Å². The maximum atomic E-state index is 13.4. The summed E-state index contributed by atoms with van der Waals surface area (Å²) in [5.74, 6) is -0.185. The van der Waals surface area contributed by atoms with Crippen LogP contribution in [0.3, 0.4) is 0 Å². The molecule has 1 unspecified atom stereocenters. The lowest BCUT2D eigenvalue weighted by Crippen LogP contribution is -2.37. The molecule has 2 aromatic rings. The monoisotopic (exact) mass is 257 g/mol. The zero-order valence-electron chi connectivity index (χ0n) is 11.5. The molecule has 1 nitrogen and oxygen atoms in total. The largest absolute Gasteiger partial charge is 0.318 e. The molecular formula is C17H20FN. The van der Waals surface area contributed by atoms with E-state index in [-0.39, 0.29) is 5.82 Å². The van der Waals surface area contributed by atoms with Crippen molar-refractivity contribution in [3.63, 3.8) is 0 Å². The number of halogens is 1. The molecule has 19 heavy (non-hydrogen) atoms. The first-order chi connectivity index (χ1) is 9.08. The molecule has 0 heterocycles. The molecule has 100 valence electrons. The molecule has 0 aliphatic carbocycles. The third-order valence-corrected chi connectivity index (χ3v) is 3.61. The Bertz CT molecular complexity index is 550. The molecule has 0 spiro atoms. The molecule has 0 aliphatic heterocycles. The average Bonchev–Trinajstić information content (AvgIpc) is 2.43. The molecule has 0 aliphatic rings. The Morgan fingerprint density at radius 3 is 2.32 bits per heavy atom. The van der Waals surface area contributed by atoms with Gasteiger partial charge >= 0.3 is 0 Å². The average molecular weight is 257 g/mol. The molecule has 1 atom stereocenters. The van der Waals surface area contributed by atoms with Gasteiger partial charge in [0, 0.05) is 0 Å². The van der Waals surface area contributed by atoms with Gasteiger partial charge in [-0.25, -0.2) is 4.39 Å². The van der Waals surface area contributed by atoms with Crippen molar-refractivity contribution in [2.24, 2.45) is 5.73 Å². The summed E-state index contributed by atoms with van der Waals surface area (Å²) in [6.45, 7) is 3.89. The summed E-state index contributed by atoms with van der Waals surface area (Å²) in [6.07, 6.45) is 1.81. The highest BCUT2D eigenvalue weighted by atomic mass is 19.1. The summed E-state index contributed by atoms with van der Waals surface area (Å²) >= 11 is 0. The van der Waals surface area contributed by atoms with Crippen LogP contribution in [-0.2, 0) is 5.54 Å². The Morgan fingerprint density at radius 2 is 1.74 bits per heavy atom. The van der Waals surface area contributed by atoms with E-state index in [9.17, 15) is 4.39 Å². The van der Waals surface area contributed by atoms with E-state index < -0.39 is 5.54 Å². The highest BCUT2D eigenvalue weighted by molar-refractivity contribution is 5.39. The van der Waals surface area contributed by atoms with Gasteiger partial charge in [0.1, 0.15) is 5.82 Å². The summed E-state index contributed by atoms with van der Waals surface area (Å²) in [7, 11) is 0. The smallest absolute Gasteiger partial charge is 0.126 e. The van der Waals surface area contributed by atoms with Crippen LogP contribution in [-0.4, -0.2) is 0 Å². The number of hydrogen-bond acceptors (Lipinski definition) is 1. The van der Waals surface area contributed by atoms with E-state index >= 15 is 0 Å². The normalized spacial score (nSPS) is 14.1.